The highest BCUT2D eigenvalue weighted by atomic mass is 31.2. The summed E-state index contributed by atoms with van der Waals surface area (Å²) in [7, 11) is -9.95. The van der Waals surface area contributed by atoms with Gasteiger partial charge in [-0.25, -0.2) is 29.1 Å². The lowest BCUT2D eigenvalue weighted by molar-refractivity contribution is -0.0671. The topological polar surface area (TPSA) is 309 Å². The Labute approximate surface area is 263 Å². The summed E-state index contributed by atoms with van der Waals surface area (Å²) in [4.78, 5) is 56.9. The zero-order valence-electron chi connectivity index (χ0n) is 24.4. The van der Waals surface area contributed by atoms with E-state index in [1.165, 1.54) is 28.1 Å². The number of rotatable bonds is 4. The molecule has 10 atom stereocenters. The Morgan fingerprint density at radius 1 is 0.915 bits per heavy atom. The fraction of sp³-hybridized carbons (Fsp3) is 0.565. The van der Waals surface area contributed by atoms with Crippen LogP contribution in [0.15, 0.2) is 23.8 Å². The van der Waals surface area contributed by atoms with Crippen LogP contribution in [0, 0.1) is 5.92 Å². The molecule has 4 unspecified atom stereocenters. The number of imidazole rings is 2. The molecule has 47 heavy (non-hydrogen) atoms. The summed E-state index contributed by atoms with van der Waals surface area (Å²) in [5.74, 6) is -0.866. The van der Waals surface area contributed by atoms with Gasteiger partial charge in [0.15, 0.2) is 35.1 Å². The van der Waals surface area contributed by atoms with E-state index in [2.05, 4.69) is 29.9 Å². The molecule has 0 saturated carbocycles. The molecule has 0 spiro atoms. The number of aromatic nitrogens is 8. The number of ether oxygens (including phenoxy) is 2. The van der Waals surface area contributed by atoms with E-state index in [1.807, 2.05) is 6.92 Å². The third-order valence-electron chi connectivity index (χ3n) is 8.13. The number of nitrogens with one attached hydrogen (secondary N) is 1. The minimum absolute atomic E-state index is 0.00563. The van der Waals surface area contributed by atoms with E-state index >= 15 is 0 Å². The summed E-state index contributed by atoms with van der Waals surface area (Å²) in [5.41, 5.74) is 11.3. The molecule has 7 rings (SSSR count). The molecule has 4 aromatic rings. The minimum atomic E-state index is -4.98. The average molecular weight is 700 g/mol. The molecule has 2 bridgehead atoms. The number of nitrogens with two attached hydrogens (primary N) is 2. The summed E-state index contributed by atoms with van der Waals surface area (Å²) >= 11 is 0. The fourth-order valence-electron chi connectivity index (χ4n) is 6.08. The Kier molecular flexibility index (Phi) is 8.17. The highest BCUT2D eigenvalue weighted by molar-refractivity contribution is 7.47. The normalized spacial score (nSPS) is 36.6. The Morgan fingerprint density at radius 3 is 2.28 bits per heavy atom. The quantitative estimate of drug-likeness (QED) is 0.149. The van der Waals surface area contributed by atoms with Crippen LogP contribution in [-0.2, 0) is 36.7 Å². The van der Waals surface area contributed by atoms with Gasteiger partial charge in [-0.15, -0.1) is 0 Å². The predicted molar refractivity (Wildman–Crippen MR) is 156 cm³/mol. The van der Waals surface area contributed by atoms with Crippen LogP contribution in [0.1, 0.15) is 32.2 Å². The van der Waals surface area contributed by atoms with E-state index in [0.717, 1.165) is 0 Å². The number of hydrogen-bond donors (Lipinski definition) is 6. The van der Waals surface area contributed by atoms with Crippen molar-refractivity contribution in [3.63, 3.8) is 0 Å². The van der Waals surface area contributed by atoms with Gasteiger partial charge in [0, 0.05) is 5.92 Å². The molecule has 0 aliphatic carbocycles. The van der Waals surface area contributed by atoms with Crippen LogP contribution in [0.3, 0.4) is 0 Å². The zero-order valence-corrected chi connectivity index (χ0v) is 26.2. The number of nitrogens with zero attached hydrogens (tertiary/aromatic N) is 7. The number of aliphatic hydroxyl groups is 1. The fourth-order valence-corrected chi connectivity index (χ4v) is 8.01. The van der Waals surface area contributed by atoms with E-state index in [1.54, 1.807) is 0 Å². The molecule has 0 radical (unpaired) electrons. The Morgan fingerprint density at radius 2 is 1.55 bits per heavy atom. The van der Waals surface area contributed by atoms with Gasteiger partial charge in [0.1, 0.15) is 36.3 Å². The molecular formula is C23H30N10O12P2. The molecule has 22 nitrogen and oxygen atoms in total. The summed E-state index contributed by atoms with van der Waals surface area (Å²) in [5, 5.41) is 11.2. The SMILES string of the molecule is CCC[C@@H]1C2OP(=O)(O)OC[C@H]3O[C@@H](n4cnc5c(N)ncnc54)[C@@H](O)C3OP(=O)(O)OC[C@H]1O[C@H]2n1cnc2c(=O)[nH]c(N)nc21. The van der Waals surface area contributed by atoms with Crippen molar-refractivity contribution in [2.45, 2.75) is 62.7 Å². The van der Waals surface area contributed by atoms with Crippen LogP contribution in [-0.4, -0.2) is 97.7 Å². The molecule has 0 aromatic carbocycles. The number of aromatic amines is 1. The standard InChI is InChI=1S/C23H30N10O12P2/c1-2-3-9-10-4-40-47(38,39)45-16-11(43-21(14(16)34)32-7-28-12-17(24)26-6-27-18(12)32)5-41-46(36,37)44-15(9)22(42-10)33-8-29-13-19(33)30-23(25)31-20(13)35/h6-11,14-16,21-22,34H,2-5H2,1H3,(H,36,37)(H,38,39)(H2,24,26,27)(H3,25,30,31,35)/t9-,10+,11+,14-,15?,16?,21+,22+/m0/s1. The molecule has 3 fully saturated rings. The van der Waals surface area contributed by atoms with E-state index in [9.17, 15) is 28.8 Å². The van der Waals surface area contributed by atoms with Crippen LogP contribution in [0.4, 0.5) is 11.8 Å². The van der Waals surface area contributed by atoms with Crippen molar-refractivity contribution in [3.8, 4) is 0 Å². The molecule has 3 aliphatic heterocycles. The van der Waals surface area contributed by atoms with Gasteiger partial charge in [-0.2, -0.15) is 4.98 Å². The molecule has 4 aromatic heterocycles. The molecule has 7 heterocycles. The Balaban J connectivity index is 1.23. The maximum atomic E-state index is 13.5. The number of hydrogen-bond acceptors (Lipinski definition) is 17. The van der Waals surface area contributed by atoms with Crippen molar-refractivity contribution in [1.82, 2.24) is 39.0 Å². The number of H-pyrrole nitrogens is 1. The largest absolute Gasteiger partial charge is 0.472 e. The van der Waals surface area contributed by atoms with E-state index < -0.39 is 83.3 Å². The van der Waals surface area contributed by atoms with Gasteiger partial charge in [-0.05, 0) is 6.42 Å². The highest BCUT2D eigenvalue weighted by Crippen LogP contribution is 2.55. The lowest BCUT2D eigenvalue weighted by atomic mass is 9.93. The second-order valence-electron chi connectivity index (χ2n) is 11.1. The number of phosphoric ester groups is 2. The van der Waals surface area contributed by atoms with Gasteiger partial charge in [0.2, 0.25) is 5.95 Å². The summed E-state index contributed by atoms with van der Waals surface area (Å²) < 4.78 is 63.3. The van der Waals surface area contributed by atoms with Gasteiger partial charge in [0.25, 0.3) is 5.56 Å². The predicted octanol–water partition coefficient (Wildman–Crippen LogP) is -0.286. The summed E-state index contributed by atoms with van der Waals surface area (Å²) in [6.45, 7) is 0.547. The third-order valence-corrected chi connectivity index (χ3v) is 10.1. The lowest BCUT2D eigenvalue weighted by Crippen LogP contribution is -2.36. The van der Waals surface area contributed by atoms with Crippen molar-refractivity contribution in [2.75, 3.05) is 24.7 Å². The maximum Gasteiger partial charge on any atom is 0.472 e. The van der Waals surface area contributed by atoms with Crippen molar-refractivity contribution >= 4 is 49.7 Å². The highest BCUT2D eigenvalue weighted by Gasteiger charge is 2.54. The summed E-state index contributed by atoms with van der Waals surface area (Å²) in [6.07, 6.45) is -4.97. The van der Waals surface area contributed by atoms with Gasteiger partial charge in [-0.1, -0.05) is 13.3 Å². The van der Waals surface area contributed by atoms with Crippen molar-refractivity contribution in [1.29, 1.82) is 0 Å². The number of fused-ring (bicyclic) bond motifs is 5. The first-order valence-electron chi connectivity index (χ1n) is 14.3. The third kappa shape index (κ3) is 5.85. The monoisotopic (exact) mass is 700 g/mol. The van der Waals surface area contributed by atoms with Crippen LogP contribution in [0.5, 0.6) is 0 Å². The average Bonchev–Trinajstić information content (AvgIpc) is 3.76. The van der Waals surface area contributed by atoms with E-state index in [4.69, 9.17) is 39.0 Å². The smallest absolute Gasteiger partial charge is 0.386 e. The molecule has 3 aliphatic rings. The first kappa shape index (κ1) is 32.2. The summed E-state index contributed by atoms with van der Waals surface area (Å²) in [6, 6.07) is 0. The van der Waals surface area contributed by atoms with Crippen LogP contribution in [0.25, 0.3) is 22.3 Å². The van der Waals surface area contributed by atoms with Gasteiger partial charge in [-0.3, -0.25) is 37.0 Å². The van der Waals surface area contributed by atoms with Crippen molar-refractivity contribution in [3.05, 3.63) is 29.3 Å². The number of aliphatic hydroxyl groups excluding tert-OH is 1. The first-order valence-corrected chi connectivity index (χ1v) is 17.3. The molecule has 24 heteroatoms. The Hall–Kier alpha value is -3.40. The molecule has 8 N–H and O–H groups in total. The molecule has 3 saturated heterocycles. The second kappa shape index (κ2) is 11.9. The van der Waals surface area contributed by atoms with Crippen LogP contribution in [0.2, 0.25) is 0 Å². The van der Waals surface area contributed by atoms with Crippen molar-refractivity contribution < 1.29 is 51.6 Å². The van der Waals surface area contributed by atoms with Crippen LogP contribution >= 0.6 is 15.6 Å². The molecular weight excluding hydrogens is 670 g/mol. The van der Waals surface area contributed by atoms with Gasteiger partial charge < -0.3 is 35.8 Å². The maximum absolute atomic E-state index is 13.5. The van der Waals surface area contributed by atoms with Gasteiger partial charge in [0.05, 0.1) is 32.0 Å². The second-order valence-corrected chi connectivity index (χ2v) is 13.9. The van der Waals surface area contributed by atoms with Gasteiger partial charge >= 0.3 is 15.6 Å². The lowest BCUT2D eigenvalue weighted by Gasteiger charge is -2.26. The van der Waals surface area contributed by atoms with Crippen molar-refractivity contribution in [2.24, 2.45) is 5.92 Å². The number of phosphoric acid groups is 2. The number of anilines is 2. The molecule has 0 amide bonds. The zero-order chi connectivity index (χ0) is 33.2. The first-order chi connectivity index (χ1) is 22.4. The van der Waals surface area contributed by atoms with Crippen LogP contribution < -0.4 is 17.0 Å². The van der Waals surface area contributed by atoms with E-state index in [0.29, 0.717) is 12.8 Å². The molecule has 254 valence electrons. The Bertz CT molecular complexity index is 1970. The van der Waals surface area contributed by atoms with E-state index in [-0.39, 0.29) is 34.1 Å². The number of nitrogen functional groups attached to an aromatic ring is 2. The minimum Gasteiger partial charge on any atom is -0.386 e.